The zero-order chi connectivity index (χ0) is 24.9. The van der Waals surface area contributed by atoms with Crippen LogP contribution in [0.2, 0.25) is 0 Å². The third kappa shape index (κ3) is 2.76. The average Bonchev–Trinajstić information content (AvgIpc) is 3.58. The number of piperidine rings is 1. The van der Waals surface area contributed by atoms with Gasteiger partial charge in [0, 0.05) is 44.2 Å². The quantitative estimate of drug-likeness (QED) is 0.494. The molecule has 3 aliphatic carbocycles. The van der Waals surface area contributed by atoms with Gasteiger partial charge in [-0.05, 0) is 61.4 Å². The van der Waals surface area contributed by atoms with Gasteiger partial charge in [-0.2, -0.15) is 0 Å². The molecule has 3 heterocycles. The summed E-state index contributed by atoms with van der Waals surface area (Å²) in [6.07, 6.45) is 4.63. The summed E-state index contributed by atoms with van der Waals surface area (Å²) in [5.74, 6) is 2.26. The highest BCUT2D eigenvalue weighted by atomic mass is 16.7. The van der Waals surface area contributed by atoms with Crippen molar-refractivity contribution >= 4 is 10.9 Å². The van der Waals surface area contributed by atoms with Crippen LogP contribution in [0, 0.1) is 5.92 Å². The highest BCUT2D eigenvalue weighted by molar-refractivity contribution is 5.87. The largest absolute Gasteiger partial charge is 0.479 e. The van der Waals surface area contributed by atoms with E-state index in [1.807, 2.05) is 6.07 Å². The van der Waals surface area contributed by atoms with Gasteiger partial charge < -0.3 is 28.6 Å². The number of aromatic nitrogens is 1. The van der Waals surface area contributed by atoms with Crippen LogP contribution >= 0.6 is 0 Å². The van der Waals surface area contributed by atoms with E-state index in [-0.39, 0.29) is 18.9 Å². The second-order valence-electron chi connectivity index (χ2n) is 11.7. The number of nitrogens with zero attached hydrogens (tertiary/aromatic N) is 2. The Balaban J connectivity index is 1.40. The molecular formula is C30H34N2O5. The minimum Gasteiger partial charge on any atom is -0.479 e. The maximum absolute atomic E-state index is 13.1. The van der Waals surface area contributed by atoms with Crippen LogP contribution in [0.3, 0.4) is 0 Å². The van der Waals surface area contributed by atoms with Crippen LogP contribution < -0.4 is 9.47 Å². The Kier molecular flexibility index (Phi) is 4.68. The molecule has 1 N–H and O–H groups in total. The fraction of sp³-hybridized carbons (Fsp3) is 0.533. The first kappa shape index (κ1) is 22.4. The zero-order valence-corrected chi connectivity index (χ0v) is 21.5. The van der Waals surface area contributed by atoms with E-state index in [4.69, 9.17) is 18.9 Å². The van der Waals surface area contributed by atoms with Gasteiger partial charge in [0.25, 0.3) is 0 Å². The van der Waals surface area contributed by atoms with E-state index < -0.39 is 11.0 Å². The Morgan fingerprint density at radius 2 is 1.97 bits per heavy atom. The summed E-state index contributed by atoms with van der Waals surface area (Å²) in [5, 5.41) is 14.3. The molecule has 1 spiro atoms. The monoisotopic (exact) mass is 502 g/mol. The van der Waals surface area contributed by atoms with Crippen LogP contribution in [-0.2, 0) is 34.5 Å². The third-order valence-electron chi connectivity index (χ3n) is 9.90. The lowest BCUT2D eigenvalue weighted by Crippen LogP contribution is -2.74. The first-order chi connectivity index (χ1) is 18.1. The van der Waals surface area contributed by atoms with Gasteiger partial charge >= 0.3 is 0 Å². The predicted octanol–water partition coefficient (Wildman–Crippen LogP) is 3.93. The maximum Gasteiger partial charge on any atom is 0.188 e. The molecule has 4 atom stereocenters. The van der Waals surface area contributed by atoms with Crippen LogP contribution in [0.1, 0.15) is 47.8 Å². The number of hydrogen-bond acceptors (Lipinski definition) is 6. The number of hydrogen-bond donors (Lipinski definition) is 1. The van der Waals surface area contributed by atoms with Crippen molar-refractivity contribution in [3.8, 4) is 11.5 Å². The van der Waals surface area contributed by atoms with Gasteiger partial charge in [0.05, 0.1) is 22.2 Å². The summed E-state index contributed by atoms with van der Waals surface area (Å²) in [4.78, 5) is 2.61. The van der Waals surface area contributed by atoms with E-state index in [1.54, 1.807) is 14.2 Å². The molecule has 1 aromatic heterocycles. The van der Waals surface area contributed by atoms with Crippen molar-refractivity contribution in [3.05, 3.63) is 58.8 Å². The van der Waals surface area contributed by atoms with E-state index in [1.165, 1.54) is 29.4 Å². The summed E-state index contributed by atoms with van der Waals surface area (Å²) < 4.78 is 26.3. The van der Waals surface area contributed by atoms with Crippen LogP contribution in [0.4, 0.5) is 0 Å². The number of likely N-dealkylation sites (tertiary alicyclic amines) is 1. The third-order valence-corrected chi connectivity index (χ3v) is 9.90. The van der Waals surface area contributed by atoms with Crippen molar-refractivity contribution in [2.75, 3.05) is 34.1 Å². The lowest BCUT2D eigenvalue weighted by atomic mass is 9.49. The number of para-hydroxylation sites is 1. The van der Waals surface area contributed by atoms with Gasteiger partial charge in [-0.1, -0.05) is 24.3 Å². The summed E-state index contributed by atoms with van der Waals surface area (Å²) >= 11 is 0. The molecule has 7 nitrogen and oxygen atoms in total. The highest BCUT2D eigenvalue weighted by Crippen LogP contribution is 2.69. The normalized spacial score (nSPS) is 31.2. The van der Waals surface area contributed by atoms with Crippen molar-refractivity contribution in [1.82, 2.24) is 9.47 Å². The lowest BCUT2D eigenvalue weighted by Gasteiger charge is -2.63. The fourth-order valence-electron chi connectivity index (χ4n) is 8.30. The fourth-order valence-corrected chi connectivity index (χ4v) is 8.30. The molecule has 0 amide bonds. The molecule has 8 rings (SSSR count). The van der Waals surface area contributed by atoms with Crippen molar-refractivity contribution in [3.63, 3.8) is 0 Å². The Hall–Kier alpha value is -2.58. The molecule has 2 bridgehead atoms. The van der Waals surface area contributed by atoms with E-state index >= 15 is 0 Å². The second-order valence-corrected chi connectivity index (χ2v) is 11.7. The Morgan fingerprint density at radius 3 is 2.78 bits per heavy atom. The van der Waals surface area contributed by atoms with Gasteiger partial charge in [0.2, 0.25) is 0 Å². The summed E-state index contributed by atoms with van der Waals surface area (Å²) in [6, 6.07) is 12.8. The number of aliphatic hydroxyl groups is 1. The second kappa shape index (κ2) is 7.73. The predicted molar refractivity (Wildman–Crippen MR) is 138 cm³/mol. The van der Waals surface area contributed by atoms with Gasteiger partial charge in [-0.15, -0.1) is 0 Å². The van der Waals surface area contributed by atoms with Gasteiger partial charge in [0.1, 0.15) is 6.73 Å². The number of benzene rings is 2. The average molecular weight is 503 g/mol. The summed E-state index contributed by atoms with van der Waals surface area (Å²) in [5.41, 5.74) is 4.46. The molecule has 2 fully saturated rings. The Labute approximate surface area is 216 Å². The molecule has 194 valence electrons. The smallest absolute Gasteiger partial charge is 0.188 e. The van der Waals surface area contributed by atoms with Crippen molar-refractivity contribution in [2.45, 2.75) is 62.0 Å². The number of rotatable bonds is 7. The van der Waals surface area contributed by atoms with E-state index in [9.17, 15) is 5.11 Å². The van der Waals surface area contributed by atoms with Crippen molar-refractivity contribution < 1.29 is 24.1 Å². The minimum absolute atomic E-state index is 0.0647. The van der Waals surface area contributed by atoms with Crippen LogP contribution in [0.25, 0.3) is 10.9 Å². The molecule has 2 aromatic carbocycles. The van der Waals surface area contributed by atoms with Gasteiger partial charge in [0.15, 0.2) is 24.4 Å². The topological polar surface area (TPSA) is 65.3 Å². The molecule has 0 unspecified atom stereocenters. The van der Waals surface area contributed by atoms with Crippen LogP contribution in [0.5, 0.6) is 11.5 Å². The first-order valence-corrected chi connectivity index (χ1v) is 13.6. The van der Waals surface area contributed by atoms with E-state index in [2.05, 4.69) is 39.8 Å². The zero-order valence-electron chi connectivity index (χ0n) is 21.5. The van der Waals surface area contributed by atoms with E-state index in [0.29, 0.717) is 18.9 Å². The number of methoxy groups -OCH3 is 2. The van der Waals surface area contributed by atoms with Gasteiger partial charge in [-0.25, -0.2) is 0 Å². The molecule has 7 heteroatoms. The first-order valence-electron chi connectivity index (χ1n) is 13.6. The van der Waals surface area contributed by atoms with Gasteiger partial charge in [-0.3, -0.25) is 4.90 Å². The standard InChI is InChI=1S/C30H34N2O5/c1-34-16-32-22-6-4-3-5-20(22)21-14-30(33)24-13-19-9-10-23(36-17-35-2)27-25(19)29(30,28(37-27)26(21)32)11-12-31(24)15-18-7-8-18/h3-6,9-10,18,24,28,33H,7-8,11-17H2,1-2H3/t24-,28+,29+,30-/m1/s1. The Morgan fingerprint density at radius 1 is 1.11 bits per heavy atom. The Bertz CT molecular complexity index is 1410. The SMILES string of the molecule is COCOc1ccc2c3c1O[C@H]1c4c(c5ccccc5n4COC)C[C@@]4(O)[C@@H](C2)N(CC2CC2)CC[C@]314. The van der Waals surface area contributed by atoms with Crippen LogP contribution in [0.15, 0.2) is 36.4 Å². The van der Waals surface area contributed by atoms with Crippen molar-refractivity contribution in [1.29, 1.82) is 0 Å². The number of fused-ring (bicyclic) bond motifs is 4. The lowest BCUT2D eigenvalue weighted by molar-refractivity contribution is -0.174. The molecule has 1 saturated carbocycles. The molecule has 2 aliphatic heterocycles. The molecule has 3 aromatic rings. The molecule has 37 heavy (non-hydrogen) atoms. The maximum atomic E-state index is 13.1. The molecular weight excluding hydrogens is 468 g/mol. The summed E-state index contributed by atoms with van der Waals surface area (Å²) in [7, 11) is 3.37. The van der Waals surface area contributed by atoms with Crippen molar-refractivity contribution in [2.24, 2.45) is 5.92 Å². The molecule has 5 aliphatic rings. The summed E-state index contributed by atoms with van der Waals surface area (Å²) in [6.45, 7) is 2.66. The van der Waals surface area contributed by atoms with E-state index in [0.717, 1.165) is 54.4 Å². The minimum atomic E-state index is -0.933. The molecule has 0 radical (unpaired) electrons. The number of ether oxygens (including phenoxy) is 4. The van der Waals surface area contributed by atoms with Crippen LogP contribution in [-0.4, -0.2) is 60.3 Å². The highest BCUT2D eigenvalue weighted by Gasteiger charge is 2.73. The molecule has 1 saturated heterocycles.